The Hall–Kier alpha value is 0.120. The van der Waals surface area contributed by atoms with Crippen molar-refractivity contribution in [1.82, 2.24) is 4.90 Å². The highest BCUT2D eigenvalue weighted by molar-refractivity contribution is 8.07. The molecule has 0 saturated carbocycles. The maximum Gasteiger partial charge on any atom is 0.236 e. The number of hydrogen-bond acceptors (Lipinski definition) is 5. The fourth-order valence-corrected chi connectivity index (χ4v) is 5.37. The highest BCUT2D eigenvalue weighted by Gasteiger charge is 2.28. The van der Waals surface area contributed by atoms with Crippen LogP contribution in [-0.2, 0) is 14.6 Å². The van der Waals surface area contributed by atoms with Gasteiger partial charge in [-0.2, -0.15) is 11.8 Å². The van der Waals surface area contributed by atoms with Gasteiger partial charge in [0.1, 0.15) is 9.84 Å². The lowest BCUT2D eigenvalue weighted by Crippen LogP contribution is -2.45. The van der Waals surface area contributed by atoms with Crippen LogP contribution in [0.15, 0.2) is 0 Å². The Morgan fingerprint density at radius 2 is 2.12 bits per heavy atom. The van der Waals surface area contributed by atoms with Gasteiger partial charge in [0.25, 0.3) is 0 Å². The lowest BCUT2D eigenvalue weighted by molar-refractivity contribution is -0.130. The van der Waals surface area contributed by atoms with Crippen LogP contribution in [0.3, 0.4) is 0 Å². The minimum atomic E-state index is -3.04. The molecule has 1 saturated heterocycles. The molecule has 4 nitrogen and oxygen atoms in total. The van der Waals surface area contributed by atoms with Crippen LogP contribution >= 0.6 is 23.5 Å². The zero-order chi connectivity index (χ0) is 13.1. The number of carbonyl (C=O) groups excluding carboxylic acids is 1. The van der Waals surface area contributed by atoms with Gasteiger partial charge in [0.05, 0.1) is 11.0 Å². The molecule has 1 rings (SSSR count). The fraction of sp³-hybridized carbons (Fsp3) is 0.900. The van der Waals surface area contributed by atoms with Crippen LogP contribution in [0, 0.1) is 0 Å². The third-order valence-corrected chi connectivity index (χ3v) is 6.47. The van der Waals surface area contributed by atoms with Crippen molar-refractivity contribution in [2.24, 2.45) is 0 Å². The van der Waals surface area contributed by atoms with Crippen LogP contribution in [0.5, 0.6) is 0 Å². The molecule has 0 N–H and O–H groups in total. The smallest absolute Gasteiger partial charge is 0.236 e. The minimum Gasteiger partial charge on any atom is -0.341 e. The third-order valence-electron chi connectivity index (χ3n) is 2.64. The molecule has 0 aromatic rings. The van der Waals surface area contributed by atoms with E-state index in [1.807, 2.05) is 0 Å². The standard InChI is InChI=1S/C10H19NO3S3/c1-8(7-17(3,13)14)11(2)10(12)9-6-15-4-5-16-9/h8-9H,4-7H2,1-3H3/t8-,9+/m1/s1. The zero-order valence-electron chi connectivity index (χ0n) is 10.4. The molecule has 0 unspecified atom stereocenters. The van der Waals surface area contributed by atoms with Crippen molar-refractivity contribution in [2.75, 3.05) is 36.3 Å². The largest absolute Gasteiger partial charge is 0.341 e. The summed E-state index contributed by atoms with van der Waals surface area (Å²) in [5.74, 6) is 3.00. The van der Waals surface area contributed by atoms with E-state index in [0.717, 1.165) is 17.3 Å². The van der Waals surface area contributed by atoms with Crippen LogP contribution in [0.1, 0.15) is 6.92 Å². The summed E-state index contributed by atoms with van der Waals surface area (Å²) in [6.45, 7) is 1.78. The van der Waals surface area contributed by atoms with Gasteiger partial charge in [-0.15, -0.1) is 11.8 Å². The first-order valence-electron chi connectivity index (χ1n) is 5.45. The molecule has 1 heterocycles. The molecule has 0 spiro atoms. The molecule has 1 amide bonds. The summed E-state index contributed by atoms with van der Waals surface area (Å²) in [5.41, 5.74) is 0. The van der Waals surface area contributed by atoms with Crippen molar-refractivity contribution >= 4 is 39.3 Å². The maximum absolute atomic E-state index is 12.1. The van der Waals surface area contributed by atoms with E-state index in [2.05, 4.69) is 0 Å². The van der Waals surface area contributed by atoms with Crippen molar-refractivity contribution in [3.63, 3.8) is 0 Å². The van der Waals surface area contributed by atoms with Crippen molar-refractivity contribution in [2.45, 2.75) is 18.2 Å². The van der Waals surface area contributed by atoms with Crippen molar-refractivity contribution in [1.29, 1.82) is 0 Å². The summed E-state index contributed by atoms with van der Waals surface area (Å²) in [4.78, 5) is 13.7. The molecule has 2 atom stereocenters. The summed E-state index contributed by atoms with van der Waals surface area (Å²) in [6.07, 6.45) is 1.20. The second kappa shape index (κ2) is 6.33. The van der Waals surface area contributed by atoms with Gasteiger partial charge in [-0.1, -0.05) is 0 Å². The lowest BCUT2D eigenvalue weighted by Gasteiger charge is -2.29. The molecule has 1 aliphatic rings. The first kappa shape index (κ1) is 15.2. The number of nitrogens with zero attached hydrogens (tertiary/aromatic N) is 1. The van der Waals surface area contributed by atoms with Gasteiger partial charge >= 0.3 is 0 Å². The number of hydrogen-bond donors (Lipinski definition) is 0. The average Bonchev–Trinajstić information content (AvgIpc) is 2.26. The Labute approximate surface area is 112 Å². The predicted molar refractivity (Wildman–Crippen MR) is 75.5 cm³/mol. The maximum atomic E-state index is 12.1. The van der Waals surface area contributed by atoms with Crippen LogP contribution in [0.2, 0.25) is 0 Å². The van der Waals surface area contributed by atoms with Crippen LogP contribution in [0.4, 0.5) is 0 Å². The highest BCUT2D eigenvalue weighted by atomic mass is 32.2. The number of thioether (sulfide) groups is 2. The number of sulfone groups is 1. The first-order chi connectivity index (χ1) is 7.81. The Bertz CT molecular complexity index is 363. The second-order valence-corrected chi connectivity index (χ2v) is 8.97. The van der Waals surface area contributed by atoms with Crippen LogP contribution in [0.25, 0.3) is 0 Å². The van der Waals surface area contributed by atoms with Gasteiger partial charge in [-0.3, -0.25) is 4.79 Å². The molecular weight excluding hydrogens is 278 g/mol. The monoisotopic (exact) mass is 297 g/mol. The van der Waals surface area contributed by atoms with Crippen LogP contribution < -0.4 is 0 Å². The van der Waals surface area contributed by atoms with Crippen LogP contribution in [-0.4, -0.2) is 66.8 Å². The van der Waals surface area contributed by atoms with Gasteiger partial charge in [0.15, 0.2) is 0 Å². The van der Waals surface area contributed by atoms with E-state index in [1.54, 1.807) is 42.4 Å². The molecule has 0 radical (unpaired) electrons. The average molecular weight is 297 g/mol. The Morgan fingerprint density at radius 3 is 2.59 bits per heavy atom. The SMILES string of the molecule is C[C@H](CS(C)(=O)=O)N(C)C(=O)[C@@H]1CSCCS1. The minimum absolute atomic E-state index is 0.0132. The van der Waals surface area contributed by atoms with Crippen molar-refractivity contribution in [3.8, 4) is 0 Å². The molecule has 17 heavy (non-hydrogen) atoms. The third kappa shape index (κ3) is 5.09. The van der Waals surface area contributed by atoms with E-state index in [1.165, 1.54) is 6.26 Å². The van der Waals surface area contributed by atoms with Crippen molar-refractivity contribution < 1.29 is 13.2 Å². The molecule has 1 aliphatic heterocycles. The molecular formula is C10H19NO3S3. The highest BCUT2D eigenvalue weighted by Crippen LogP contribution is 2.25. The molecule has 0 aromatic carbocycles. The summed E-state index contributed by atoms with van der Waals surface area (Å²) in [7, 11) is -1.35. The quantitative estimate of drug-likeness (QED) is 0.765. The summed E-state index contributed by atoms with van der Waals surface area (Å²) >= 11 is 3.46. The second-order valence-electron chi connectivity index (χ2n) is 4.32. The Balaban J connectivity index is 2.55. The van der Waals surface area contributed by atoms with Gasteiger partial charge in [-0.25, -0.2) is 8.42 Å². The fourth-order valence-electron chi connectivity index (χ4n) is 1.62. The van der Waals surface area contributed by atoms with E-state index in [-0.39, 0.29) is 23.0 Å². The number of amides is 1. The zero-order valence-corrected chi connectivity index (χ0v) is 12.8. The molecule has 0 bridgehead atoms. The van der Waals surface area contributed by atoms with E-state index in [4.69, 9.17) is 0 Å². The van der Waals surface area contributed by atoms with Gasteiger partial charge in [0.2, 0.25) is 5.91 Å². The van der Waals surface area contributed by atoms with E-state index in [0.29, 0.717) is 0 Å². The molecule has 0 aliphatic carbocycles. The van der Waals surface area contributed by atoms with E-state index in [9.17, 15) is 13.2 Å². The number of carbonyl (C=O) groups is 1. The summed E-state index contributed by atoms with van der Waals surface area (Å²) in [6, 6.07) is -0.259. The topological polar surface area (TPSA) is 54.5 Å². The molecule has 1 fully saturated rings. The van der Waals surface area contributed by atoms with Gasteiger partial charge in [0, 0.05) is 36.6 Å². The first-order valence-corrected chi connectivity index (χ1v) is 9.71. The lowest BCUT2D eigenvalue weighted by atomic mass is 10.3. The Morgan fingerprint density at radius 1 is 1.47 bits per heavy atom. The Kier molecular flexibility index (Phi) is 5.66. The predicted octanol–water partition coefficient (Wildman–Crippen LogP) is 0.727. The van der Waals surface area contributed by atoms with Gasteiger partial charge < -0.3 is 4.90 Å². The normalized spacial score (nSPS) is 23.1. The number of rotatable bonds is 4. The molecule has 7 heteroatoms. The summed E-state index contributed by atoms with van der Waals surface area (Å²) < 4.78 is 22.4. The summed E-state index contributed by atoms with van der Waals surface area (Å²) in [5, 5.41) is -0.0132. The van der Waals surface area contributed by atoms with E-state index < -0.39 is 9.84 Å². The van der Waals surface area contributed by atoms with E-state index >= 15 is 0 Å². The van der Waals surface area contributed by atoms with Gasteiger partial charge in [-0.05, 0) is 6.92 Å². The molecule has 100 valence electrons. The molecule has 0 aromatic heterocycles. The van der Waals surface area contributed by atoms with Crippen molar-refractivity contribution in [3.05, 3.63) is 0 Å².